The summed E-state index contributed by atoms with van der Waals surface area (Å²) in [7, 11) is 3.32. The van der Waals surface area contributed by atoms with Crippen LogP contribution in [0.15, 0.2) is 76.6 Å². The maximum absolute atomic E-state index is 13.3. The molecule has 1 saturated heterocycles. The van der Waals surface area contributed by atoms with Crippen molar-refractivity contribution >= 4 is 34.6 Å². The average Bonchev–Trinajstić information content (AvgIpc) is 3.34. The second-order valence-corrected chi connectivity index (χ2v) is 8.59. The number of thioether (sulfide) groups is 1. The number of ether oxygens (including phenoxy) is 2. The normalized spacial score (nSPS) is 16.2. The molecular formula is C26H27N3O3S. The molecule has 2 heterocycles. The van der Waals surface area contributed by atoms with Gasteiger partial charge in [0.25, 0.3) is 5.91 Å². The molecule has 3 aromatic rings. The van der Waals surface area contributed by atoms with Crippen LogP contribution >= 0.6 is 11.8 Å². The fourth-order valence-electron chi connectivity index (χ4n) is 3.66. The number of amides is 1. The molecule has 1 aromatic heterocycles. The number of methoxy groups -OCH3 is 2. The topological polar surface area (TPSA) is 56.1 Å². The molecule has 1 fully saturated rings. The molecule has 0 N–H and O–H groups in total. The number of hydrogen-bond acceptors (Lipinski definition) is 5. The molecule has 1 aliphatic rings. The first kappa shape index (κ1) is 22.9. The van der Waals surface area contributed by atoms with Crippen LogP contribution in [0.2, 0.25) is 0 Å². The van der Waals surface area contributed by atoms with Crippen LogP contribution in [0, 0.1) is 6.92 Å². The second kappa shape index (κ2) is 10.6. The monoisotopic (exact) mass is 461 g/mol. The number of carbonyl (C=O) groups is 1. The van der Waals surface area contributed by atoms with Gasteiger partial charge < -0.3 is 14.0 Å². The lowest BCUT2D eigenvalue weighted by Crippen LogP contribution is -2.30. The van der Waals surface area contributed by atoms with E-state index in [1.165, 1.54) is 11.8 Å². The highest BCUT2D eigenvalue weighted by Gasteiger charge is 2.33. The smallest absolute Gasteiger partial charge is 0.266 e. The van der Waals surface area contributed by atoms with Gasteiger partial charge in [-0.05, 0) is 79.7 Å². The SMILES string of the molecule is COCCCN1C(=O)/C(=C/c2ccc(C)n2-c2ccc(OC)cc2)SC1=Nc1ccccc1. The maximum atomic E-state index is 13.3. The summed E-state index contributed by atoms with van der Waals surface area (Å²) in [6.45, 7) is 3.20. The van der Waals surface area contributed by atoms with E-state index >= 15 is 0 Å². The van der Waals surface area contributed by atoms with Crippen molar-refractivity contribution in [2.24, 2.45) is 4.99 Å². The molecule has 33 heavy (non-hydrogen) atoms. The number of aromatic nitrogens is 1. The largest absolute Gasteiger partial charge is 0.497 e. The Hall–Kier alpha value is -3.29. The lowest BCUT2D eigenvalue weighted by molar-refractivity contribution is -0.122. The Labute approximate surface area is 198 Å². The Bertz CT molecular complexity index is 1170. The van der Waals surface area contributed by atoms with Crippen molar-refractivity contribution < 1.29 is 14.3 Å². The zero-order valence-corrected chi connectivity index (χ0v) is 19.8. The predicted octanol–water partition coefficient (Wildman–Crippen LogP) is 5.43. The van der Waals surface area contributed by atoms with Crippen molar-refractivity contribution in [3.05, 3.63) is 83.0 Å². The van der Waals surface area contributed by atoms with Crippen LogP contribution < -0.4 is 4.74 Å². The molecule has 0 radical (unpaired) electrons. The Kier molecular flexibility index (Phi) is 7.32. The summed E-state index contributed by atoms with van der Waals surface area (Å²) in [5, 5.41) is 0.688. The summed E-state index contributed by atoms with van der Waals surface area (Å²) < 4.78 is 12.6. The fraction of sp³-hybridized carbons (Fsp3) is 0.231. The van der Waals surface area contributed by atoms with Crippen molar-refractivity contribution in [3.63, 3.8) is 0 Å². The van der Waals surface area contributed by atoms with Gasteiger partial charge in [-0.2, -0.15) is 0 Å². The van der Waals surface area contributed by atoms with Crippen molar-refractivity contribution in [1.82, 2.24) is 9.47 Å². The lowest BCUT2D eigenvalue weighted by Gasteiger charge is -2.15. The minimum Gasteiger partial charge on any atom is -0.497 e. The van der Waals surface area contributed by atoms with Crippen molar-refractivity contribution in [2.45, 2.75) is 13.3 Å². The van der Waals surface area contributed by atoms with E-state index in [9.17, 15) is 4.79 Å². The minimum absolute atomic E-state index is 0.0362. The second-order valence-electron chi connectivity index (χ2n) is 7.58. The van der Waals surface area contributed by atoms with Crippen LogP contribution in [0.25, 0.3) is 11.8 Å². The van der Waals surface area contributed by atoms with Crippen LogP contribution in [0.1, 0.15) is 17.8 Å². The molecule has 0 atom stereocenters. The summed E-state index contributed by atoms with van der Waals surface area (Å²) in [6, 6.07) is 21.7. The van der Waals surface area contributed by atoms with Gasteiger partial charge in [-0.15, -0.1) is 0 Å². The van der Waals surface area contributed by atoms with E-state index in [2.05, 4.69) is 17.6 Å². The highest BCUT2D eigenvalue weighted by molar-refractivity contribution is 8.18. The summed E-state index contributed by atoms with van der Waals surface area (Å²) in [5.74, 6) is 0.768. The molecule has 0 unspecified atom stereocenters. The molecule has 0 saturated carbocycles. The molecule has 1 aliphatic heterocycles. The quantitative estimate of drug-likeness (QED) is 0.331. The van der Waals surface area contributed by atoms with Gasteiger partial charge in [0.05, 0.1) is 17.7 Å². The van der Waals surface area contributed by atoms with Crippen LogP contribution in [-0.2, 0) is 9.53 Å². The van der Waals surface area contributed by atoms with E-state index < -0.39 is 0 Å². The Morgan fingerprint density at radius 3 is 2.45 bits per heavy atom. The lowest BCUT2D eigenvalue weighted by atomic mass is 10.2. The molecule has 1 amide bonds. The molecular weight excluding hydrogens is 434 g/mol. The van der Waals surface area contributed by atoms with Gasteiger partial charge in [-0.3, -0.25) is 9.69 Å². The number of aliphatic imine (C=N–C) groups is 1. The zero-order valence-electron chi connectivity index (χ0n) is 19.0. The number of nitrogens with zero attached hydrogens (tertiary/aromatic N) is 3. The molecule has 0 spiro atoms. The van der Waals surface area contributed by atoms with E-state index in [0.29, 0.717) is 23.2 Å². The van der Waals surface area contributed by atoms with Crippen LogP contribution in [-0.4, -0.2) is 47.9 Å². The zero-order chi connectivity index (χ0) is 23.2. The van der Waals surface area contributed by atoms with Gasteiger partial charge in [-0.25, -0.2) is 4.99 Å². The molecule has 7 heteroatoms. The van der Waals surface area contributed by atoms with Gasteiger partial charge in [0.1, 0.15) is 5.75 Å². The molecule has 2 aromatic carbocycles. The first-order chi connectivity index (χ1) is 16.1. The van der Waals surface area contributed by atoms with Crippen molar-refractivity contribution in [1.29, 1.82) is 0 Å². The van der Waals surface area contributed by atoms with Gasteiger partial charge in [0.15, 0.2) is 5.17 Å². The van der Waals surface area contributed by atoms with E-state index in [0.717, 1.165) is 34.9 Å². The van der Waals surface area contributed by atoms with Crippen LogP contribution in [0.3, 0.4) is 0 Å². The number of para-hydroxylation sites is 1. The number of aryl methyl sites for hydroxylation is 1. The first-order valence-corrected chi connectivity index (χ1v) is 11.6. The number of benzene rings is 2. The number of hydrogen-bond donors (Lipinski definition) is 0. The summed E-state index contributed by atoms with van der Waals surface area (Å²) in [6.07, 6.45) is 2.69. The van der Waals surface area contributed by atoms with Crippen LogP contribution in [0.5, 0.6) is 5.75 Å². The minimum atomic E-state index is -0.0362. The third kappa shape index (κ3) is 5.21. The van der Waals surface area contributed by atoms with Gasteiger partial charge in [0, 0.05) is 37.3 Å². The Morgan fingerprint density at radius 1 is 1.00 bits per heavy atom. The van der Waals surface area contributed by atoms with E-state index in [4.69, 9.17) is 14.5 Å². The number of rotatable bonds is 8. The van der Waals surface area contributed by atoms with Gasteiger partial charge in [0.2, 0.25) is 0 Å². The van der Waals surface area contributed by atoms with Crippen LogP contribution in [0.4, 0.5) is 5.69 Å². The van der Waals surface area contributed by atoms with E-state index in [1.807, 2.05) is 66.7 Å². The van der Waals surface area contributed by atoms with Crippen molar-refractivity contribution in [2.75, 3.05) is 27.4 Å². The van der Waals surface area contributed by atoms with Gasteiger partial charge in [-0.1, -0.05) is 18.2 Å². The summed E-state index contributed by atoms with van der Waals surface area (Å²) >= 11 is 1.41. The van der Waals surface area contributed by atoms with E-state index in [-0.39, 0.29) is 5.91 Å². The Balaban J connectivity index is 1.68. The molecule has 4 rings (SSSR count). The average molecular weight is 462 g/mol. The predicted molar refractivity (Wildman–Crippen MR) is 134 cm³/mol. The fourth-order valence-corrected chi connectivity index (χ4v) is 4.67. The number of amidine groups is 1. The molecule has 6 nitrogen and oxygen atoms in total. The third-order valence-electron chi connectivity index (χ3n) is 5.32. The standard InChI is InChI=1S/C26H27N3O3S/c1-19-10-11-22(29(19)21-12-14-23(32-3)15-13-21)18-24-25(30)28(16-7-17-31-2)26(33-24)27-20-8-5-4-6-9-20/h4-6,8-15,18H,7,16-17H2,1-3H3/b24-18-,27-26?. The maximum Gasteiger partial charge on any atom is 0.266 e. The molecule has 170 valence electrons. The number of carbonyl (C=O) groups excluding carboxylic acids is 1. The van der Waals surface area contributed by atoms with Crippen molar-refractivity contribution in [3.8, 4) is 11.4 Å². The third-order valence-corrected chi connectivity index (χ3v) is 6.32. The van der Waals surface area contributed by atoms with Gasteiger partial charge >= 0.3 is 0 Å². The Morgan fingerprint density at radius 2 is 1.76 bits per heavy atom. The summed E-state index contributed by atoms with van der Waals surface area (Å²) in [4.78, 5) is 20.5. The highest BCUT2D eigenvalue weighted by atomic mass is 32.2. The molecule has 0 aliphatic carbocycles. The summed E-state index contributed by atoms with van der Waals surface area (Å²) in [5.41, 5.74) is 3.85. The molecule has 0 bridgehead atoms. The highest BCUT2D eigenvalue weighted by Crippen LogP contribution is 2.35. The van der Waals surface area contributed by atoms with E-state index in [1.54, 1.807) is 19.1 Å². The first-order valence-electron chi connectivity index (χ1n) is 10.8.